The number of fused-ring (bicyclic) bond motifs is 1. The lowest BCUT2D eigenvalue weighted by Crippen LogP contribution is -2.58. The molecule has 2 rings (SSSR count). The van der Waals surface area contributed by atoms with Gasteiger partial charge in [0.2, 0.25) is 0 Å². The van der Waals surface area contributed by atoms with E-state index in [1.165, 1.54) is 0 Å². The fraction of sp³-hybridized carbons (Fsp3) is 0.600. The third-order valence-electron chi connectivity index (χ3n) is 4.56. The standard InChI is InChI=1S/C15H20O4/c1-4-19-13(17)11-8-7-10(2)14(3)12(16)6-5-9-15(11,14)18/h7-8,18H,4-6,9H2,1-3H3/t14-,15+/m1/s1. The van der Waals surface area contributed by atoms with Gasteiger partial charge in [0.1, 0.15) is 11.4 Å². The number of carbonyl (C=O) groups excluding carboxylic acids is 2. The molecule has 0 radical (unpaired) electrons. The van der Waals surface area contributed by atoms with Crippen LogP contribution in [0.2, 0.25) is 0 Å². The van der Waals surface area contributed by atoms with Gasteiger partial charge in [0.15, 0.2) is 0 Å². The van der Waals surface area contributed by atoms with Crippen molar-refractivity contribution in [1.29, 1.82) is 0 Å². The van der Waals surface area contributed by atoms with Crippen molar-refractivity contribution in [3.63, 3.8) is 0 Å². The minimum Gasteiger partial charge on any atom is -0.463 e. The molecule has 0 saturated heterocycles. The van der Waals surface area contributed by atoms with E-state index in [0.29, 0.717) is 19.3 Å². The van der Waals surface area contributed by atoms with Gasteiger partial charge >= 0.3 is 5.97 Å². The predicted octanol–water partition coefficient (Wildman–Crippen LogP) is 1.93. The number of ether oxygens (including phenoxy) is 1. The topological polar surface area (TPSA) is 63.6 Å². The minimum absolute atomic E-state index is 0.00935. The van der Waals surface area contributed by atoms with Crippen molar-refractivity contribution >= 4 is 11.8 Å². The maximum atomic E-state index is 12.3. The van der Waals surface area contributed by atoms with Crippen LogP contribution in [0.1, 0.15) is 40.0 Å². The van der Waals surface area contributed by atoms with Crippen LogP contribution in [0.15, 0.2) is 23.3 Å². The first-order valence-corrected chi connectivity index (χ1v) is 6.70. The van der Waals surface area contributed by atoms with Crippen molar-refractivity contribution < 1.29 is 19.4 Å². The molecule has 0 aliphatic heterocycles. The van der Waals surface area contributed by atoms with Crippen LogP contribution >= 0.6 is 0 Å². The Morgan fingerprint density at radius 1 is 1.47 bits per heavy atom. The van der Waals surface area contributed by atoms with Gasteiger partial charge in [-0.2, -0.15) is 0 Å². The number of esters is 1. The summed E-state index contributed by atoms with van der Waals surface area (Å²) in [6.07, 6.45) is 4.78. The van der Waals surface area contributed by atoms with Crippen molar-refractivity contribution in [2.75, 3.05) is 6.61 Å². The van der Waals surface area contributed by atoms with E-state index in [9.17, 15) is 14.7 Å². The van der Waals surface area contributed by atoms with Gasteiger partial charge < -0.3 is 9.84 Å². The third kappa shape index (κ3) is 1.77. The summed E-state index contributed by atoms with van der Waals surface area (Å²) in [7, 11) is 0. The van der Waals surface area contributed by atoms with Gasteiger partial charge in [-0.25, -0.2) is 4.79 Å². The molecule has 4 heteroatoms. The van der Waals surface area contributed by atoms with Gasteiger partial charge in [0.05, 0.1) is 17.6 Å². The van der Waals surface area contributed by atoms with Gasteiger partial charge in [-0.05, 0) is 39.7 Å². The van der Waals surface area contributed by atoms with E-state index in [-0.39, 0.29) is 18.0 Å². The summed E-state index contributed by atoms with van der Waals surface area (Å²) in [5.41, 5.74) is -1.45. The van der Waals surface area contributed by atoms with E-state index in [0.717, 1.165) is 5.57 Å². The Balaban J connectivity index is 2.53. The Morgan fingerprint density at radius 3 is 2.79 bits per heavy atom. The summed E-state index contributed by atoms with van der Waals surface area (Å²) in [6, 6.07) is 0. The summed E-state index contributed by atoms with van der Waals surface area (Å²) in [5.74, 6) is -0.542. The zero-order chi connectivity index (χ0) is 14.3. The van der Waals surface area contributed by atoms with Crippen LogP contribution in [0.5, 0.6) is 0 Å². The normalized spacial score (nSPS) is 34.2. The maximum absolute atomic E-state index is 12.3. The molecule has 2 atom stereocenters. The van der Waals surface area contributed by atoms with Gasteiger partial charge in [0.25, 0.3) is 0 Å². The molecule has 19 heavy (non-hydrogen) atoms. The van der Waals surface area contributed by atoms with E-state index < -0.39 is 17.0 Å². The van der Waals surface area contributed by atoms with Crippen LogP contribution in [0.25, 0.3) is 0 Å². The average Bonchev–Trinajstić information content (AvgIpc) is 2.35. The zero-order valence-corrected chi connectivity index (χ0v) is 11.7. The highest BCUT2D eigenvalue weighted by Gasteiger charge is 2.59. The molecule has 0 bridgehead atoms. The Kier molecular flexibility index (Phi) is 3.39. The monoisotopic (exact) mass is 264 g/mol. The number of hydrogen-bond acceptors (Lipinski definition) is 4. The smallest absolute Gasteiger partial charge is 0.336 e. The number of rotatable bonds is 2. The number of Topliss-reactive ketones (excluding diaryl/α,β-unsaturated/α-hetero) is 1. The molecule has 0 heterocycles. The Labute approximate surface area is 113 Å². The molecule has 2 aliphatic carbocycles. The Hall–Kier alpha value is -1.42. The number of allylic oxidation sites excluding steroid dienone is 2. The Bertz CT molecular complexity index is 488. The van der Waals surface area contributed by atoms with E-state index in [2.05, 4.69) is 0 Å². The van der Waals surface area contributed by atoms with Gasteiger partial charge in [0, 0.05) is 6.42 Å². The average molecular weight is 264 g/mol. The molecule has 1 N–H and O–H groups in total. The lowest BCUT2D eigenvalue weighted by Gasteiger charge is -2.50. The number of carbonyl (C=O) groups is 2. The molecule has 1 saturated carbocycles. The largest absolute Gasteiger partial charge is 0.463 e. The molecule has 1 fully saturated rings. The summed E-state index contributed by atoms with van der Waals surface area (Å²) >= 11 is 0. The van der Waals surface area contributed by atoms with Crippen molar-refractivity contribution in [3.05, 3.63) is 23.3 Å². The first-order chi connectivity index (χ1) is 8.88. The molecule has 0 aromatic heterocycles. The van der Waals surface area contributed by atoms with Gasteiger partial charge in [-0.15, -0.1) is 0 Å². The zero-order valence-electron chi connectivity index (χ0n) is 11.7. The lowest BCUT2D eigenvalue weighted by molar-refractivity contribution is -0.152. The quantitative estimate of drug-likeness (QED) is 0.774. The molecule has 4 nitrogen and oxygen atoms in total. The summed E-state index contributed by atoms with van der Waals surface area (Å²) < 4.78 is 5.00. The van der Waals surface area contributed by atoms with E-state index in [4.69, 9.17) is 4.74 Å². The fourth-order valence-electron chi connectivity index (χ4n) is 3.14. The van der Waals surface area contributed by atoms with Crippen molar-refractivity contribution in [3.8, 4) is 0 Å². The van der Waals surface area contributed by atoms with Crippen LogP contribution in [0.3, 0.4) is 0 Å². The summed E-state index contributed by atoms with van der Waals surface area (Å²) in [4.78, 5) is 24.3. The van der Waals surface area contributed by atoms with E-state index in [1.807, 2.05) is 6.92 Å². The van der Waals surface area contributed by atoms with Crippen molar-refractivity contribution in [2.24, 2.45) is 5.41 Å². The first-order valence-electron chi connectivity index (χ1n) is 6.70. The number of aliphatic hydroxyl groups is 1. The molecule has 0 amide bonds. The molecule has 2 aliphatic rings. The van der Waals surface area contributed by atoms with Crippen LogP contribution in [0.4, 0.5) is 0 Å². The Morgan fingerprint density at radius 2 is 2.16 bits per heavy atom. The second-order valence-corrected chi connectivity index (χ2v) is 5.41. The highest BCUT2D eigenvalue weighted by atomic mass is 16.5. The van der Waals surface area contributed by atoms with Crippen LogP contribution in [-0.2, 0) is 14.3 Å². The molecule has 104 valence electrons. The molecule has 0 aromatic carbocycles. The lowest BCUT2D eigenvalue weighted by atomic mass is 9.55. The van der Waals surface area contributed by atoms with Crippen molar-refractivity contribution in [2.45, 2.75) is 45.6 Å². The maximum Gasteiger partial charge on any atom is 0.336 e. The second kappa shape index (κ2) is 4.60. The third-order valence-corrected chi connectivity index (χ3v) is 4.56. The molecular formula is C15H20O4. The molecule has 0 spiro atoms. The molecule has 0 aromatic rings. The summed E-state index contributed by atoms with van der Waals surface area (Å²) in [6.45, 7) is 5.52. The summed E-state index contributed by atoms with van der Waals surface area (Å²) in [5, 5.41) is 11.0. The van der Waals surface area contributed by atoms with E-state index >= 15 is 0 Å². The fourth-order valence-corrected chi connectivity index (χ4v) is 3.14. The molecular weight excluding hydrogens is 244 g/mol. The van der Waals surface area contributed by atoms with Crippen LogP contribution < -0.4 is 0 Å². The molecule has 0 unspecified atom stereocenters. The van der Waals surface area contributed by atoms with Gasteiger partial charge in [-0.1, -0.05) is 11.6 Å². The highest BCUT2D eigenvalue weighted by molar-refractivity contribution is 5.98. The van der Waals surface area contributed by atoms with Crippen molar-refractivity contribution in [1.82, 2.24) is 0 Å². The highest BCUT2D eigenvalue weighted by Crippen LogP contribution is 2.52. The number of ketones is 1. The van der Waals surface area contributed by atoms with Gasteiger partial charge in [-0.3, -0.25) is 4.79 Å². The van der Waals surface area contributed by atoms with E-state index in [1.54, 1.807) is 26.0 Å². The number of hydrogen-bond donors (Lipinski definition) is 1. The first kappa shape index (κ1) is 14.0. The minimum atomic E-state index is -1.44. The predicted molar refractivity (Wildman–Crippen MR) is 70.4 cm³/mol. The SMILES string of the molecule is CCOC(=O)C1=CC=C(C)[C@]2(C)C(=O)CCC[C@]12O. The van der Waals surface area contributed by atoms with Crippen LogP contribution in [0, 0.1) is 5.41 Å². The van der Waals surface area contributed by atoms with Crippen LogP contribution in [-0.4, -0.2) is 29.1 Å². The second-order valence-electron chi connectivity index (χ2n) is 5.41.